The molecule has 0 aromatic carbocycles. The Bertz CT molecular complexity index is 659. The third-order valence-electron chi connectivity index (χ3n) is 3.19. The van der Waals surface area contributed by atoms with Gasteiger partial charge in [-0.05, 0) is 75.7 Å². The van der Waals surface area contributed by atoms with Gasteiger partial charge in [0.25, 0.3) is 6.47 Å². The molecule has 0 saturated carbocycles. The number of esters is 2. The maximum absolute atomic E-state index is 11.8. The Balaban J connectivity index is -0.000000698. The lowest BCUT2D eigenvalue weighted by molar-refractivity contribution is -0.156. The number of ether oxygens (including phenoxy) is 3. The van der Waals surface area contributed by atoms with Gasteiger partial charge in [-0.3, -0.25) is 24.0 Å². The SMILES string of the molecule is CC(C)(C)OC=O.CC(CCC(=O)OC(C)(C)C)NC(=O)CCC(=O)OC(C)(C)C.NCC(N)=O. The number of rotatable bonds is 9. The summed E-state index contributed by atoms with van der Waals surface area (Å²) in [6.45, 7) is 18.5. The predicted octanol–water partition coefficient (Wildman–Crippen LogP) is 2.12. The van der Waals surface area contributed by atoms with Crippen molar-refractivity contribution in [3.05, 3.63) is 0 Å². The topological polar surface area (TPSA) is 177 Å². The number of hydrogen-bond donors (Lipinski definition) is 3. The second kappa shape index (κ2) is 17.7. The van der Waals surface area contributed by atoms with Gasteiger partial charge in [-0.15, -0.1) is 0 Å². The molecule has 11 nitrogen and oxygen atoms in total. The smallest absolute Gasteiger partial charge is 0.306 e. The first-order valence-corrected chi connectivity index (χ1v) is 11.4. The van der Waals surface area contributed by atoms with Crippen LogP contribution < -0.4 is 16.8 Å². The van der Waals surface area contributed by atoms with Crippen molar-refractivity contribution in [1.82, 2.24) is 5.32 Å². The molecular formula is C24H47N3O8. The Morgan fingerprint density at radius 1 is 0.800 bits per heavy atom. The highest BCUT2D eigenvalue weighted by Crippen LogP contribution is 2.11. The quantitative estimate of drug-likeness (QED) is 0.240. The van der Waals surface area contributed by atoms with Crippen molar-refractivity contribution >= 4 is 30.2 Å². The van der Waals surface area contributed by atoms with Crippen LogP contribution in [0.25, 0.3) is 0 Å². The van der Waals surface area contributed by atoms with Crippen molar-refractivity contribution in [1.29, 1.82) is 0 Å². The summed E-state index contributed by atoms with van der Waals surface area (Å²) in [5.74, 6) is -1.38. The molecule has 0 aliphatic heterocycles. The highest BCUT2D eigenvalue weighted by molar-refractivity contribution is 5.81. The van der Waals surface area contributed by atoms with E-state index in [1.165, 1.54) is 0 Å². The molecule has 0 aromatic rings. The molecule has 0 spiro atoms. The molecular weight excluding hydrogens is 458 g/mol. The summed E-state index contributed by atoms with van der Waals surface area (Å²) in [7, 11) is 0. The number of primary amides is 1. The number of carbonyl (C=O) groups excluding carboxylic acids is 5. The van der Waals surface area contributed by atoms with Crippen LogP contribution >= 0.6 is 0 Å². The molecule has 35 heavy (non-hydrogen) atoms. The first-order valence-electron chi connectivity index (χ1n) is 11.4. The number of nitrogens with two attached hydrogens (primary N) is 2. The van der Waals surface area contributed by atoms with Crippen LogP contribution in [0.3, 0.4) is 0 Å². The molecule has 1 unspecified atom stereocenters. The molecule has 0 saturated heterocycles. The molecule has 0 aromatic heterocycles. The molecule has 0 heterocycles. The van der Waals surface area contributed by atoms with E-state index in [0.29, 0.717) is 12.9 Å². The number of carbonyl (C=O) groups is 5. The van der Waals surface area contributed by atoms with Gasteiger partial charge >= 0.3 is 11.9 Å². The van der Waals surface area contributed by atoms with Gasteiger partial charge in [-0.1, -0.05) is 0 Å². The Morgan fingerprint density at radius 3 is 1.49 bits per heavy atom. The number of nitrogens with one attached hydrogen (secondary N) is 1. The van der Waals surface area contributed by atoms with Gasteiger partial charge in [0.15, 0.2) is 0 Å². The van der Waals surface area contributed by atoms with Crippen LogP contribution in [-0.2, 0) is 38.2 Å². The van der Waals surface area contributed by atoms with Gasteiger partial charge in [0.1, 0.15) is 16.8 Å². The molecule has 1 atom stereocenters. The summed E-state index contributed by atoms with van der Waals surface area (Å²) in [6.07, 6.45) is 0.853. The molecule has 11 heteroatoms. The van der Waals surface area contributed by atoms with E-state index in [1.54, 1.807) is 20.8 Å². The monoisotopic (exact) mass is 505 g/mol. The third-order valence-corrected chi connectivity index (χ3v) is 3.19. The first kappa shape index (κ1) is 36.9. The van der Waals surface area contributed by atoms with Crippen LogP contribution in [0.4, 0.5) is 0 Å². The van der Waals surface area contributed by atoms with E-state index in [1.807, 2.05) is 48.5 Å². The zero-order valence-corrected chi connectivity index (χ0v) is 23.1. The fourth-order valence-corrected chi connectivity index (χ4v) is 1.90. The van der Waals surface area contributed by atoms with Gasteiger partial charge in [0.2, 0.25) is 11.8 Å². The Labute approximate surface area is 210 Å². The van der Waals surface area contributed by atoms with Gasteiger partial charge in [-0.2, -0.15) is 0 Å². The molecule has 0 bridgehead atoms. The third kappa shape index (κ3) is 36.1. The summed E-state index contributed by atoms with van der Waals surface area (Å²) >= 11 is 0. The fourth-order valence-electron chi connectivity index (χ4n) is 1.90. The minimum absolute atomic E-state index is 0.0435. The van der Waals surface area contributed by atoms with E-state index in [4.69, 9.17) is 15.2 Å². The van der Waals surface area contributed by atoms with Gasteiger partial charge < -0.3 is 31.0 Å². The first-order chi connectivity index (χ1) is 15.6. The Morgan fingerprint density at radius 2 is 1.20 bits per heavy atom. The summed E-state index contributed by atoms with van der Waals surface area (Å²) < 4.78 is 14.9. The largest absolute Gasteiger partial charge is 0.462 e. The van der Waals surface area contributed by atoms with E-state index >= 15 is 0 Å². The molecule has 206 valence electrons. The predicted molar refractivity (Wildman–Crippen MR) is 133 cm³/mol. The van der Waals surface area contributed by atoms with E-state index in [0.717, 1.165) is 0 Å². The van der Waals surface area contributed by atoms with Crippen LogP contribution in [-0.4, -0.2) is 59.6 Å². The standard InChI is InChI=1S/C17H31NO5.C5H10O2.C2H6N2O/c1-12(8-10-14(20)22-16(2,3)4)18-13(19)9-11-15(21)23-17(5,6)7;1-5(2,3)7-4-6;3-1-2(4)5/h12H,8-11H2,1-7H3,(H,18,19);4H,1-3H3;1,3H2,(H2,4,5). The summed E-state index contributed by atoms with van der Waals surface area (Å²) in [6, 6.07) is -0.159. The minimum atomic E-state index is -0.547. The van der Waals surface area contributed by atoms with Crippen molar-refractivity contribution in [2.45, 2.75) is 118 Å². The minimum Gasteiger partial charge on any atom is -0.462 e. The Hall–Kier alpha value is -2.69. The van der Waals surface area contributed by atoms with Gasteiger partial charge in [0.05, 0.1) is 13.0 Å². The van der Waals surface area contributed by atoms with Crippen LogP contribution in [0, 0.1) is 0 Å². The molecule has 0 aliphatic rings. The average molecular weight is 506 g/mol. The van der Waals surface area contributed by atoms with Crippen LogP contribution in [0.5, 0.6) is 0 Å². The van der Waals surface area contributed by atoms with E-state index in [2.05, 4.69) is 15.8 Å². The van der Waals surface area contributed by atoms with Crippen molar-refractivity contribution in [3.8, 4) is 0 Å². The van der Waals surface area contributed by atoms with Crippen LogP contribution in [0.1, 0.15) is 94.9 Å². The second-order valence-corrected chi connectivity index (χ2v) is 10.7. The Kier molecular flexibility index (Phi) is 18.6. The fraction of sp³-hybridized carbons (Fsp3) is 0.792. The molecule has 0 rings (SSSR count). The maximum atomic E-state index is 11.8. The average Bonchev–Trinajstić information content (AvgIpc) is 2.62. The van der Waals surface area contributed by atoms with E-state index in [-0.39, 0.29) is 49.3 Å². The van der Waals surface area contributed by atoms with Gasteiger partial charge in [0, 0.05) is 18.9 Å². The van der Waals surface area contributed by atoms with Crippen LogP contribution in [0.15, 0.2) is 0 Å². The zero-order chi connectivity index (χ0) is 28.5. The van der Waals surface area contributed by atoms with E-state index in [9.17, 15) is 24.0 Å². The highest BCUT2D eigenvalue weighted by Gasteiger charge is 2.19. The summed E-state index contributed by atoms with van der Waals surface area (Å²) in [5, 5.41) is 2.76. The van der Waals surface area contributed by atoms with Crippen LogP contribution in [0.2, 0.25) is 0 Å². The van der Waals surface area contributed by atoms with Crippen molar-refractivity contribution in [2.75, 3.05) is 6.54 Å². The second-order valence-electron chi connectivity index (χ2n) is 10.7. The van der Waals surface area contributed by atoms with E-state index < -0.39 is 23.1 Å². The molecule has 0 radical (unpaired) electrons. The number of hydrogen-bond acceptors (Lipinski definition) is 9. The summed E-state index contributed by atoms with van der Waals surface area (Å²) in [4.78, 5) is 54.0. The normalized spacial score (nSPS) is 11.9. The van der Waals surface area contributed by atoms with Crippen molar-refractivity contribution < 1.29 is 38.2 Å². The molecule has 5 N–H and O–H groups in total. The highest BCUT2D eigenvalue weighted by atomic mass is 16.6. The van der Waals surface area contributed by atoms with Gasteiger partial charge in [-0.25, -0.2) is 0 Å². The lowest BCUT2D eigenvalue weighted by atomic mass is 10.1. The molecule has 2 amide bonds. The van der Waals surface area contributed by atoms with Crippen molar-refractivity contribution in [3.63, 3.8) is 0 Å². The zero-order valence-electron chi connectivity index (χ0n) is 23.1. The number of amides is 2. The molecule has 0 aliphatic carbocycles. The molecule has 0 fully saturated rings. The summed E-state index contributed by atoms with van der Waals surface area (Å²) in [5.41, 5.74) is 7.86. The maximum Gasteiger partial charge on any atom is 0.306 e. The lowest BCUT2D eigenvalue weighted by Crippen LogP contribution is -2.34. The lowest BCUT2D eigenvalue weighted by Gasteiger charge is -2.20. The van der Waals surface area contributed by atoms with Crippen molar-refractivity contribution in [2.24, 2.45) is 11.5 Å².